The number of hydrogen-bond acceptors (Lipinski definition) is 4. The predicted molar refractivity (Wildman–Crippen MR) is 97.0 cm³/mol. The summed E-state index contributed by atoms with van der Waals surface area (Å²) in [5.41, 5.74) is 2.53. The van der Waals surface area contributed by atoms with Crippen LogP contribution in [-0.2, 0) is 0 Å². The molecule has 3 aromatic heterocycles. The molecule has 0 bridgehead atoms. The van der Waals surface area contributed by atoms with E-state index in [9.17, 15) is 9.90 Å². The number of aromatic nitrogens is 4. The second-order valence-electron chi connectivity index (χ2n) is 7.22. The topological polar surface area (TPSA) is 75.7 Å². The van der Waals surface area contributed by atoms with Crippen LogP contribution in [0.25, 0.3) is 5.65 Å². The van der Waals surface area contributed by atoms with Crippen LogP contribution in [0.1, 0.15) is 41.7 Å². The van der Waals surface area contributed by atoms with Crippen molar-refractivity contribution in [3.05, 3.63) is 54.2 Å². The molecule has 0 aromatic carbocycles. The van der Waals surface area contributed by atoms with Crippen molar-refractivity contribution >= 4 is 11.6 Å². The van der Waals surface area contributed by atoms with E-state index in [1.165, 1.54) is 0 Å². The zero-order valence-electron chi connectivity index (χ0n) is 15.0. The number of carbonyl (C=O) groups is 1. The zero-order chi connectivity index (χ0) is 18.3. The van der Waals surface area contributed by atoms with E-state index in [-0.39, 0.29) is 30.4 Å². The minimum absolute atomic E-state index is 0.0159. The molecule has 1 aliphatic heterocycles. The Kier molecular flexibility index (Phi) is 4.24. The minimum Gasteiger partial charge on any atom is -0.396 e. The molecule has 136 valence electrons. The van der Waals surface area contributed by atoms with Crippen LogP contribution in [0.2, 0.25) is 0 Å². The summed E-state index contributed by atoms with van der Waals surface area (Å²) in [6, 6.07) is 3.94. The molecular weight excluding hydrogens is 330 g/mol. The van der Waals surface area contributed by atoms with Crippen molar-refractivity contribution in [2.75, 3.05) is 19.7 Å². The van der Waals surface area contributed by atoms with Crippen LogP contribution in [0.15, 0.2) is 43.1 Å². The van der Waals surface area contributed by atoms with Gasteiger partial charge in [-0.3, -0.25) is 9.48 Å². The molecule has 1 aliphatic rings. The fraction of sp³-hybridized carbons (Fsp3) is 0.421. The summed E-state index contributed by atoms with van der Waals surface area (Å²) in [7, 11) is 0. The number of amides is 1. The van der Waals surface area contributed by atoms with Crippen LogP contribution in [0.4, 0.5) is 0 Å². The molecule has 26 heavy (non-hydrogen) atoms. The maximum absolute atomic E-state index is 13.0. The van der Waals surface area contributed by atoms with E-state index in [4.69, 9.17) is 0 Å². The molecule has 1 amide bonds. The van der Waals surface area contributed by atoms with E-state index >= 15 is 0 Å². The normalized spacial score (nSPS) is 20.4. The summed E-state index contributed by atoms with van der Waals surface area (Å²) in [5, 5.41) is 14.2. The molecule has 0 spiro atoms. The highest BCUT2D eigenvalue weighted by Gasteiger charge is 2.36. The average molecular weight is 353 g/mol. The van der Waals surface area contributed by atoms with Crippen LogP contribution < -0.4 is 0 Å². The molecule has 4 rings (SSSR count). The van der Waals surface area contributed by atoms with Gasteiger partial charge in [-0.1, -0.05) is 0 Å². The van der Waals surface area contributed by atoms with Crippen molar-refractivity contribution in [2.24, 2.45) is 5.92 Å². The van der Waals surface area contributed by atoms with Gasteiger partial charge in [0.25, 0.3) is 5.91 Å². The van der Waals surface area contributed by atoms with Crippen LogP contribution in [0.3, 0.4) is 0 Å². The van der Waals surface area contributed by atoms with E-state index in [2.05, 4.69) is 23.9 Å². The molecule has 0 aliphatic carbocycles. The van der Waals surface area contributed by atoms with Crippen LogP contribution >= 0.6 is 0 Å². The lowest BCUT2D eigenvalue weighted by Crippen LogP contribution is -2.29. The molecule has 2 atom stereocenters. The average Bonchev–Trinajstić information content (AvgIpc) is 3.37. The third kappa shape index (κ3) is 2.88. The van der Waals surface area contributed by atoms with Crippen molar-refractivity contribution in [1.82, 2.24) is 24.1 Å². The van der Waals surface area contributed by atoms with Gasteiger partial charge >= 0.3 is 0 Å². The molecule has 1 N–H and O–H groups in total. The molecule has 0 radical (unpaired) electrons. The lowest BCUT2D eigenvalue weighted by atomic mass is 9.92. The van der Waals surface area contributed by atoms with Crippen LogP contribution in [0, 0.1) is 5.92 Å². The first-order chi connectivity index (χ1) is 12.6. The Labute approximate surface area is 151 Å². The monoisotopic (exact) mass is 353 g/mol. The summed E-state index contributed by atoms with van der Waals surface area (Å²) in [6.45, 7) is 5.36. The second kappa shape index (κ2) is 6.57. The number of pyridine rings is 1. The summed E-state index contributed by atoms with van der Waals surface area (Å²) in [4.78, 5) is 19.0. The summed E-state index contributed by atoms with van der Waals surface area (Å²) in [6.07, 6.45) is 9.24. The number of rotatable bonds is 4. The Balaban J connectivity index is 1.56. The molecule has 0 saturated carbocycles. The highest BCUT2D eigenvalue weighted by molar-refractivity contribution is 5.94. The van der Waals surface area contributed by atoms with Gasteiger partial charge in [0.15, 0.2) is 0 Å². The van der Waals surface area contributed by atoms with Gasteiger partial charge in [-0.15, -0.1) is 0 Å². The Hall–Kier alpha value is -2.67. The third-order valence-electron chi connectivity index (χ3n) is 5.18. The first-order valence-corrected chi connectivity index (χ1v) is 8.93. The highest BCUT2D eigenvalue weighted by Crippen LogP contribution is 2.33. The number of imidazole rings is 1. The van der Waals surface area contributed by atoms with E-state index < -0.39 is 0 Å². The molecule has 7 nitrogen and oxygen atoms in total. The fourth-order valence-corrected chi connectivity index (χ4v) is 3.66. The number of fused-ring (bicyclic) bond motifs is 1. The lowest BCUT2D eigenvalue weighted by molar-refractivity contribution is 0.0781. The fourth-order valence-electron chi connectivity index (χ4n) is 3.66. The number of hydrogen-bond donors (Lipinski definition) is 1. The Morgan fingerprint density at radius 2 is 2.15 bits per heavy atom. The second-order valence-corrected chi connectivity index (χ2v) is 7.22. The van der Waals surface area contributed by atoms with Gasteiger partial charge in [-0.2, -0.15) is 5.10 Å². The van der Waals surface area contributed by atoms with Gasteiger partial charge in [0, 0.05) is 62.4 Å². The Morgan fingerprint density at radius 3 is 2.88 bits per heavy atom. The predicted octanol–water partition coefficient (Wildman–Crippen LogP) is 1.96. The quantitative estimate of drug-likeness (QED) is 0.778. The molecule has 4 heterocycles. The Bertz CT molecular complexity index is 929. The van der Waals surface area contributed by atoms with Crippen molar-refractivity contribution in [1.29, 1.82) is 0 Å². The summed E-state index contributed by atoms with van der Waals surface area (Å²) >= 11 is 0. The van der Waals surface area contributed by atoms with E-state index in [1.807, 2.05) is 50.9 Å². The van der Waals surface area contributed by atoms with Crippen LogP contribution in [0.5, 0.6) is 0 Å². The van der Waals surface area contributed by atoms with Crippen molar-refractivity contribution in [3.8, 4) is 0 Å². The molecular formula is C19H23N5O2. The van der Waals surface area contributed by atoms with Gasteiger partial charge in [-0.25, -0.2) is 4.98 Å². The number of aliphatic hydroxyl groups is 1. The van der Waals surface area contributed by atoms with Gasteiger partial charge in [0.05, 0.1) is 11.8 Å². The zero-order valence-corrected chi connectivity index (χ0v) is 15.0. The molecule has 1 saturated heterocycles. The SMILES string of the molecule is CC(C)n1cc([C@@H]2CN(C(=O)c3ccc4nccn4c3)C[C@H]2CO)cn1. The molecule has 1 fully saturated rings. The first kappa shape index (κ1) is 16.8. The molecule has 0 unspecified atom stereocenters. The molecule has 7 heteroatoms. The smallest absolute Gasteiger partial charge is 0.255 e. The largest absolute Gasteiger partial charge is 0.396 e. The number of likely N-dealkylation sites (tertiary alicyclic amines) is 1. The van der Waals surface area contributed by atoms with Crippen LogP contribution in [-0.4, -0.2) is 54.8 Å². The van der Waals surface area contributed by atoms with E-state index in [0.29, 0.717) is 18.7 Å². The molecule has 3 aromatic rings. The third-order valence-corrected chi connectivity index (χ3v) is 5.18. The van der Waals surface area contributed by atoms with Crippen molar-refractivity contribution in [3.63, 3.8) is 0 Å². The summed E-state index contributed by atoms with van der Waals surface area (Å²) < 4.78 is 3.76. The Morgan fingerprint density at radius 1 is 1.31 bits per heavy atom. The summed E-state index contributed by atoms with van der Waals surface area (Å²) in [5.74, 6) is 0.118. The number of nitrogens with zero attached hydrogens (tertiary/aromatic N) is 5. The van der Waals surface area contributed by atoms with Gasteiger partial charge in [0.2, 0.25) is 0 Å². The maximum Gasteiger partial charge on any atom is 0.255 e. The standard InChI is InChI=1S/C19H23N5O2/c1-13(2)24-10-15(7-21-24)17-11-23(9-16(17)12-25)19(26)14-3-4-18-20-5-6-22(18)8-14/h3-8,10,13,16-17,25H,9,11-12H2,1-2H3/t16-,17-/m0/s1. The number of carbonyl (C=O) groups excluding carboxylic acids is 1. The van der Waals surface area contributed by atoms with Gasteiger partial charge in [0.1, 0.15) is 5.65 Å². The van der Waals surface area contributed by atoms with Crippen molar-refractivity contribution < 1.29 is 9.90 Å². The lowest BCUT2D eigenvalue weighted by Gasteiger charge is -2.16. The first-order valence-electron chi connectivity index (χ1n) is 8.93. The number of aliphatic hydroxyl groups excluding tert-OH is 1. The van der Waals surface area contributed by atoms with Crippen molar-refractivity contribution in [2.45, 2.75) is 25.8 Å². The van der Waals surface area contributed by atoms with Gasteiger partial charge < -0.3 is 14.4 Å². The minimum atomic E-state index is -0.0159. The highest BCUT2D eigenvalue weighted by atomic mass is 16.3. The van der Waals surface area contributed by atoms with Gasteiger partial charge in [-0.05, 0) is 31.5 Å². The maximum atomic E-state index is 13.0. The van der Waals surface area contributed by atoms with E-state index in [1.54, 1.807) is 6.20 Å². The van der Waals surface area contributed by atoms with E-state index in [0.717, 1.165) is 11.2 Å².